The Morgan fingerprint density at radius 2 is 1.89 bits per heavy atom. The molecule has 3 nitrogen and oxygen atoms in total. The minimum Gasteiger partial charge on any atom is -0.478 e. The van der Waals surface area contributed by atoms with Crippen molar-refractivity contribution >= 4 is 12.3 Å². The third-order valence-electron chi connectivity index (χ3n) is 2.57. The van der Waals surface area contributed by atoms with Crippen LogP contribution in [0.15, 0.2) is 42.5 Å². The number of carbonyl (C=O) groups excluding carboxylic acids is 1. The molecule has 0 spiro atoms. The minimum atomic E-state index is -1.10. The fourth-order valence-electron chi connectivity index (χ4n) is 1.75. The van der Waals surface area contributed by atoms with E-state index >= 15 is 0 Å². The maximum Gasteiger partial charge on any atom is 0.335 e. The zero-order valence-corrected chi connectivity index (χ0v) is 9.26. The minimum absolute atomic E-state index is 0.0487. The van der Waals surface area contributed by atoms with Gasteiger partial charge in [-0.2, -0.15) is 0 Å². The van der Waals surface area contributed by atoms with Gasteiger partial charge in [0.25, 0.3) is 0 Å². The van der Waals surface area contributed by atoms with Crippen molar-refractivity contribution in [2.75, 3.05) is 0 Å². The molecule has 18 heavy (non-hydrogen) atoms. The molecule has 0 aliphatic heterocycles. The highest BCUT2D eigenvalue weighted by Gasteiger charge is 2.12. The van der Waals surface area contributed by atoms with Gasteiger partial charge < -0.3 is 5.11 Å². The normalized spacial score (nSPS) is 10.1. The molecule has 0 unspecified atom stereocenters. The molecule has 0 bridgehead atoms. The zero-order chi connectivity index (χ0) is 13.1. The van der Waals surface area contributed by atoms with E-state index in [0.717, 1.165) is 0 Å². The molecule has 0 aliphatic carbocycles. The van der Waals surface area contributed by atoms with Gasteiger partial charge in [0.15, 0.2) is 6.29 Å². The summed E-state index contributed by atoms with van der Waals surface area (Å²) in [5, 5.41) is 8.89. The molecular formula is C14H9FO3. The van der Waals surface area contributed by atoms with Crippen molar-refractivity contribution in [1.82, 2.24) is 0 Å². The summed E-state index contributed by atoms with van der Waals surface area (Å²) in [5.74, 6) is -1.65. The van der Waals surface area contributed by atoms with Gasteiger partial charge in [-0.05, 0) is 23.8 Å². The molecular weight excluding hydrogens is 235 g/mol. The Bertz CT molecular complexity index is 620. The highest BCUT2D eigenvalue weighted by molar-refractivity contribution is 5.92. The molecule has 4 heteroatoms. The van der Waals surface area contributed by atoms with E-state index in [-0.39, 0.29) is 16.7 Å². The SMILES string of the molecule is O=Cc1cccc(F)c1-c1cccc(C(=O)O)c1. The van der Waals surface area contributed by atoms with Gasteiger partial charge in [0.2, 0.25) is 0 Å². The van der Waals surface area contributed by atoms with Crippen LogP contribution in [0.2, 0.25) is 0 Å². The zero-order valence-electron chi connectivity index (χ0n) is 9.26. The Morgan fingerprint density at radius 3 is 2.56 bits per heavy atom. The first kappa shape index (κ1) is 12.0. The first-order valence-corrected chi connectivity index (χ1v) is 5.21. The van der Waals surface area contributed by atoms with E-state index in [1.807, 2.05) is 0 Å². The van der Waals surface area contributed by atoms with Gasteiger partial charge in [-0.15, -0.1) is 0 Å². The van der Waals surface area contributed by atoms with Crippen LogP contribution in [0.25, 0.3) is 11.1 Å². The van der Waals surface area contributed by atoms with Crippen LogP contribution in [-0.4, -0.2) is 17.4 Å². The molecule has 0 heterocycles. The number of benzene rings is 2. The standard InChI is InChI=1S/C14H9FO3/c15-12-6-2-5-11(8-16)13(12)9-3-1-4-10(7-9)14(17)18/h1-8H,(H,17,18). The van der Waals surface area contributed by atoms with Gasteiger partial charge >= 0.3 is 5.97 Å². The highest BCUT2D eigenvalue weighted by atomic mass is 19.1. The molecule has 0 radical (unpaired) electrons. The van der Waals surface area contributed by atoms with Gasteiger partial charge in [-0.25, -0.2) is 9.18 Å². The molecule has 0 aliphatic rings. The molecule has 0 saturated carbocycles. The van der Waals surface area contributed by atoms with Crippen LogP contribution in [0.5, 0.6) is 0 Å². The first-order chi connectivity index (χ1) is 8.63. The lowest BCUT2D eigenvalue weighted by Crippen LogP contribution is -1.97. The second-order valence-corrected chi connectivity index (χ2v) is 3.71. The molecule has 90 valence electrons. The van der Waals surface area contributed by atoms with E-state index in [9.17, 15) is 14.0 Å². The van der Waals surface area contributed by atoms with Crippen LogP contribution in [0, 0.1) is 5.82 Å². The molecule has 0 aromatic heterocycles. The predicted octanol–water partition coefficient (Wildman–Crippen LogP) is 3.00. The number of carbonyl (C=O) groups is 2. The van der Waals surface area contributed by atoms with E-state index < -0.39 is 11.8 Å². The molecule has 0 saturated heterocycles. The molecule has 2 aromatic rings. The highest BCUT2D eigenvalue weighted by Crippen LogP contribution is 2.26. The summed E-state index contributed by atoms with van der Waals surface area (Å²) in [6.45, 7) is 0. The lowest BCUT2D eigenvalue weighted by molar-refractivity contribution is 0.0697. The number of aromatic carboxylic acids is 1. The van der Waals surface area contributed by atoms with Gasteiger partial charge in [-0.1, -0.05) is 24.3 Å². The molecule has 2 aromatic carbocycles. The third-order valence-corrected chi connectivity index (χ3v) is 2.57. The number of rotatable bonds is 3. The smallest absolute Gasteiger partial charge is 0.335 e. The maximum absolute atomic E-state index is 13.7. The van der Waals surface area contributed by atoms with Crippen molar-refractivity contribution in [3.8, 4) is 11.1 Å². The van der Waals surface area contributed by atoms with E-state index in [1.165, 1.54) is 36.4 Å². The Kier molecular flexibility index (Phi) is 3.19. The van der Waals surface area contributed by atoms with Gasteiger partial charge in [0, 0.05) is 11.1 Å². The average Bonchev–Trinajstić information content (AvgIpc) is 2.38. The second-order valence-electron chi connectivity index (χ2n) is 3.71. The molecule has 0 amide bonds. The number of hydrogen-bond donors (Lipinski definition) is 1. The summed E-state index contributed by atoms with van der Waals surface area (Å²) in [4.78, 5) is 21.7. The van der Waals surface area contributed by atoms with E-state index in [2.05, 4.69) is 0 Å². The second kappa shape index (κ2) is 4.79. The van der Waals surface area contributed by atoms with Crippen LogP contribution in [-0.2, 0) is 0 Å². The summed E-state index contributed by atoms with van der Waals surface area (Å²) >= 11 is 0. The topological polar surface area (TPSA) is 54.4 Å². The largest absolute Gasteiger partial charge is 0.478 e. The predicted molar refractivity (Wildman–Crippen MR) is 64.2 cm³/mol. The molecule has 0 fully saturated rings. The Morgan fingerprint density at radius 1 is 1.17 bits per heavy atom. The average molecular weight is 244 g/mol. The quantitative estimate of drug-likeness (QED) is 0.844. The van der Waals surface area contributed by atoms with Crippen LogP contribution >= 0.6 is 0 Å². The van der Waals surface area contributed by atoms with Crippen molar-refractivity contribution in [3.63, 3.8) is 0 Å². The number of hydrogen-bond acceptors (Lipinski definition) is 2. The summed E-state index contributed by atoms with van der Waals surface area (Å²) in [5.41, 5.74) is 0.732. The summed E-state index contributed by atoms with van der Waals surface area (Å²) < 4.78 is 13.7. The number of carboxylic acids is 1. The lowest BCUT2D eigenvalue weighted by atomic mass is 9.98. The summed E-state index contributed by atoms with van der Waals surface area (Å²) in [6.07, 6.45) is 0.547. The first-order valence-electron chi connectivity index (χ1n) is 5.21. The summed E-state index contributed by atoms with van der Waals surface area (Å²) in [6, 6.07) is 9.98. The molecule has 0 atom stereocenters. The van der Waals surface area contributed by atoms with Crippen LogP contribution in [0.1, 0.15) is 20.7 Å². The molecule has 1 N–H and O–H groups in total. The maximum atomic E-state index is 13.7. The van der Waals surface area contributed by atoms with Crippen LogP contribution in [0.3, 0.4) is 0 Å². The third kappa shape index (κ3) is 2.13. The fraction of sp³-hybridized carbons (Fsp3) is 0. The molecule has 2 rings (SSSR count). The Hall–Kier alpha value is -2.49. The number of halogens is 1. The van der Waals surface area contributed by atoms with Crippen molar-refractivity contribution in [1.29, 1.82) is 0 Å². The van der Waals surface area contributed by atoms with E-state index in [0.29, 0.717) is 11.8 Å². The van der Waals surface area contributed by atoms with Crippen molar-refractivity contribution in [2.45, 2.75) is 0 Å². The van der Waals surface area contributed by atoms with Crippen molar-refractivity contribution < 1.29 is 19.1 Å². The van der Waals surface area contributed by atoms with E-state index in [4.69, 9.17) is 5.11 Å². The summed E-state index contributed by atoms with van der Waals surface area (Å²) in [7, 11) is 0. The van der Waals surface area contributed by atoms with Gasteiger partial charge in [0.05, 0.1) is 5.56 Å². The van der Waals surface area contributed by atoms with Crippen molar-refractivity contribution in [2.24, 2.45) is 0 Å². The number of carboxylic acid groups (broad SMARTS) is 1. The Labute approximate surface area is 103 Å². The lowest BCUT2D eigenvalue weighted by Gasteiger charge is -2.07. The van der Waals surface area contributed by atoms with Crippen LogP contribution in [0.4, 0.5) is 4.39 Å². The van der Waals surface area contributed by atoms with Crippen molar-refractivity contribution in [3.05, 3.63) is 59.4 Å². The van der Waals surface area contributed by atoms with Crippen LogP contribution < -0.4 is 0 Å². The number of aldehydes is 1. The van der Waals surface area contributed by atoms with Gasteiger partial charge in [-0.3, -0.25) is 4.79 Å². The van der Waals surface area contributed by atoms with E-state index in [1.54, 1.807) is 6.07 Å². The Balaban J connectivity index is 2.65. The fourth-order valence-corrected chi connectivity index (χ4v) is 1.75. The monoisotopic (exact) mass is 244 g/mol. The van der Waals surface area contributed by atoms with Gasteiger partial charge in [0.1, 0.15) is 5.82 Å².